The van der Waals surface area contributed by atoms with Crippen molar-refractivity contribution in [3.8, 4) is 0 Å². The van der Waals surface area contributed by atoms with Crippen LogP contribution in [0.1, 0.15) is 25.7 Å². The van der Waals surface area contributed by atoms with Gasteiger partial charge < -0.3 is 14.8 Å². The number of nitrogens with one attached hydrogen (secondary N) is 1. The number of hydrogen-bond acceptors (Lipinski definition) is 4. The van der Waals surface area contributed by atoms with E-state index < -0.39 is 0 Å². The van der Waals surface area contributed by atoms with Gasteiger partial charge in [-0.25, -0.2) is 0 Å². The first-order chi connectivity index (χ1) is 7.81. The molecular formula is C11H23NO3S. The third kappa shape index (κ3) is 11.8. The lowest BCUT2D eigenvalue weighted by Crippen LogP contribution is -2.27. The van der Waals surface area contributed by atoms with Crippen LogP contribution in [0.4, 0.5) is 0 Å². The quantitative estimate of drug-likeness (QED) is 0.428. The molecule has 0 unspecified atom stereocenters. The molecule has 5 heteroatoms. The van der Waals surface area contributed by atoms with Crippen LogP contribution < -0.4 is 5.32 Å². The predicted octanol–water partition coefficient (Wildman–Crippen LogP) is 1.26. The average Bonchev–Trinajstić information content (AvgIpc) is 2.29. The second kappa shape index (κ2) is 12.8. The summed E-state index contributed by atoms with van der Waals surface area (Å²) in [7, 11) is 1.63. The van der Waals surface area contributed by atoms with Gasteiger partial charge in [0.1, 0.15) is 0 Å². The molecule has 0 saturated heterocycles. The van der Waals surface area contributed by atoms with E-state index >= 15 is 0 Å². The maximum Gasteiger partial charge on any atom is 0.220 e. The molecule has 0 aromatic carbocycles. The molecule has 0 fully saturated rings. The van der Waals surface area contributed by atoms with Crippen molar-refractivity contribution in [3.63, 3.8) is 0 Å². The largest absolute Gasteiger partial charge is 0.382 e. The molecule has 0 rings (SSSR count). The van der Waals surface area contributed by atoms with Gasteiger partial charge in [-0.3, -0.25) is 4.79 Å². The summed E-state index contributed by atoms with van der Waals surface area (Å²) in [6.07, 6.45) is 3.69. The molecule has 0 aliphatic carbocycles. The van der Waals surface area contributed by atoms with Gasteiger partial charge in [-0.2, -0.15) is 12.6 Å². The van der Waals surface area contributed by atoms with Gasteiger partial charge in [0.05, 0.1) is 19.8 Å². The van der Waals surface area contributed by atoms with Gasteiger partial charge >= 0.3 is 0 Å². The fourth-order valence-corrected chi connectivity index (χ4v) is 1.39. The number of rotatable bonds is 11. The normalized spacial score (nSPS) is 10.4. The Morgan fingerprint density at radius 2 is 2.00 bits per heavy atom. The summed E-state index contributed by atoms with van der Waals surface area (Å²) in [5.41, 5.74) is 0. The summed E-state index contributed by atoms with van der Waals surface area (Å²) in [4.78, 5) is 11.3. The number of ether oxygens (including phenoxy) is 2. The van der Waals surface area contributed by atoms with Gasteiger partial charge in [0.15, 0.2) is 0 Å². The Morgan fingerprint density at radius 1 is 1.19 bits per heavy atom. The van der Waals surface area contributed by atoms with E-state index in [4.69, 9.17) is 9.47 Å². The van der Waals surface area contributed by atoms with Gasteiger partial charge in [-0.1, -0.05) is 6.42 Å². The van der Waals surface area contributed by atoms with Crippen LogP contribution in [0, 0.1) is 0 Å². The summed E-state index contributed by atoms with van der Waals surface area (Å²) in [5.74, 6) is 1.00. The molecule has 0 radical (unpaired) electrons. The Labute approximate surface area is 103 Å². The van der Waals surface area contributed by atoms with Gasteiger partial charge in [0.25, 0.3) is 0 Å². The fraction of sp³-hybridized carbons (Fsp3) is 0.909. The highest BCUT2D eigenvalue weighted by atomic mass is 32.1. The van der Waals surface area contributed by atoms with Gasteiger partial charge in [0, 0.05) is 20.1 Å². The van der Waals surface area contributed by atoms with Crippen molar-refractivity contribution >= 4 is 18.5 Å². The highest BCUT2D eigenvalue weighted by molar-refractivity contribution is 7.80. The van der Waals surface area contributed by atoms with Crippen molar-refractivity contribution in [2.75, 3.05) is 39.2 Å². The van der Waals surface area contributed by atoms with E-state index in [0.29, 0.717) is 32.8 Å². The van der Waals surface area contributed by atoms with E-state index in [0.717, 1.165) is 25.0 Å². The third-order valence-corrected chi connectivity index (χ3v) is 2.38. The Morgan fingerprint density at radius 3 is 2.69 bits per heavy atom. The lowest BCUT2D eigenvalue weighted by molar-refractivity contribution is -0.121. The first kappa shape index (κ1) is 15.7. The second-order valence-corrected chi connectivity index (χ2v) is 3.94. The highest BCUT2D eigenvalue weighted by Crippen LogP contribution is 2.00. The number of unbranched alkanes of at least 4 members (excludes halogenated alkanes) is 2. The fourth-order valence-electron chi connectivity index (χ4n) is 1.17. The number of amides is 1. The predicted molar refractivity (Wildman–Crippen MR) is 68.0 cm³/mol. The third-order valence-electron chi connectivity index (χ3n) is 2.06. The summed E-state index contributed by atoms with van der Waals surface area (Å²) in [6.45, 7) is 2.30. The van der Waals surface area contributed by atoms with Crippen LogP contribution in [0.15, 0.2) is 0 Å². The molecule has 0 aromatic rings. The van der Waals surface area contributed by atoms with Crippen LogP contribution in [0.25, 0.3) is 0 Å². The van der Waals surface area contributed by atoms with Crippen LogP contribution in [0.2, 0.25) is 0 Å². The molecule has 16 heavy (non-hydrogen) atoms. The molecule has 4 nitrogen and oxygen atoms in total. The maximum absolute atomic E-state index is 11.3. The summed E-state index contributed by atoms with van der Waals surface area (Å²) < 4.78 is 10.0. The van der Waals surface area contributed by atoms with Gasteiger partial charge in [-0.05, 0) is 18.6 Å². The van der Waals surface area contributed by atoms with Gasteiger partial charge in [0.2, 0.25) is 5.91 Å². The van der Waals surface area contributed by atoms with Crippen molar-refractivity contribution in [2.24, 2.45) is 0 Å². The van der Waals surface area contributed by atoms with Crippen LogP contribution in [0.3, 0.4) is 0 Å². The molecule has 0 aromatic heterocycles. The molecule has 0 heterocycles. The Kier molecular flexibility index (Phi) is 12.6. The van der Waals surface area contributed by atoms with E-state index in [1.165, 1.54) is 0 Å². The molecule has 0 aliphatic heterocycles. The Balaban J connectivity index is 3.11. The zero-order valence-electron chi connectivity index (χ0n) is 10.0. The standard InChI is InChI=1S/C11H23NO3S/c1-14-8-9-15-7-6-12-11(13)5-3-2-4-10-16/h16H,2-10H2,1H3,(H,12,13). The first-order valence-corrected chi connectivity index (χ1v) is 6.38. The topological polar surface area (TPSA) is 47.6 Å². The number of carbonyl (C=O) groups excluding carboxylic acids is 1. The molecule has 0 saturated carbocycles. The summed E-state index contributed by atoms with van der Waals surface area (Å²) in [6, 6.07) is 0. The lowest BCUT2D eigenvalue weighted by atomic mass is 10.2. The number of carbonyl (C=O) groups is 1. The van der Waals surface area contributed by atoms with Crippen molar-refractivity contribution in [2.45, 2.75) is 25.7 Å². The minimum absolute atomic E-state index is 0.106. The summed E-state index contributed by atoms with van der Waals surface area (Å²) in [5, 5.41) is 2.81. The van der Waals surface area contributed by atoms with Crippen molar-refractivity contribution < 1.29 is 14.3 Å². The maximum atomic E-state index is 11.3. The van der Waals surface area contributed by atoms with E-state index in [-0.39, 0.29) is 5.91 Å². The Hall–Kier alpha value is -0.260. The molecule has 0 aliphatic rings. The first-order valence-electron chi connectivity index (χ1n) is 5.75. The van der Waals surface area contributed by atoms with E-state index in [1.54, 1.807) is 7.11 Å². The van der Waals surface area contributed by atoms with Crippen molar-refractivity contribution in [1.29, 1.82) is 0 Å². The van der Waals surface area contributed by atoms with Crippen molar-refractivity contribution in [1.82, 2.24) is 5.32 Å². The molecule has 0 atom stereocenters. The van der Waals surface area contributed by atoms with Crippen LogP contribution in [0.5, 0.6) is 0 Å². The Bertz CT molecular complexity index is 167. The van der Waals surface area contributed by atoms with E-state index in [9.17, 15) is 4.79 Å². The smallest absolute Gasteiger partial charge is 0.220 e. The molecule has 0 spiro atoms. The monoisotopic (exact) mass is 249 g/mol. The van der Waals surface area contributed by atoms with Crippen LogP contribution in [-0.4, -0.2) is 45.1 Å². The molecule has 0 bridgehead atoms. The lowest BCUT2D eigenvalue weighted by Gasteiger charge is -2.05. The zero-order valence-corrected chi connectivity index (χ0v) is 10.9. The van der Waals surface area contributed by atoms with Crippen molar-refractivity contribution in [3.05, 3.63) is 0 Å². The number of methoxy groups -OCH3 is 1. The highest BCUT2D eigenvalue weighted by Gasteiger charge is 1.99. The molecule has 1 N–H and O–H groups in total. The minimum Gasteiger partial charge on any atom is -0.382 e. The average molecular weight is 249 g/mol. The molecule has 1 amide bonds. The van der Waals surface area contributed by atoms with Crippen LogP contribution >= 0.6 is 12.6 Å². The SMILES string of the molecule is COCCOCCNC(=O)CCCCCS. The number of hydrogen-bond donors (Lipinski definition) is 2. The summed E-state index contributed by atoms with van der Waals surface area (Å²) >= 11 is 4.11. The molecular weight excluding hydrogens is 226 g/mol. The molecule has 96 valence electrons. The van der Waals surface area contributed by atoms with Gasteiger partial charge in [-0.15, -0.1) is 0 Å². The minimum atomic E-state index is 0.106. The zero-order chi connectivity index (χ0) is 12.1. The van der Waals surface area contributed by atoms with Crippen LogP contribution in [-0.2, 0) is 14.3 Å². The number of thiol groups is 1. The van der Waals surface area contributed by atoms with E-state index in [2.05, 4.69) is 17.9 Å². The second-order valence-electron chi connectivity index (χ2n) is 3.49. The van der Waals surface area contributed by atoms with E-state index in [1.807, 2.05) is 0 Å².